The van der Waals surface area contributed by atoms with Crippen molar-refractivity contribution in [3.63, 3.8) is 0 Å². The van der Waals surface area contributed by atoms with Gasteiger partial charge in [0.25, 0.3) is 5.91 Å². The van der Waals surface area contributed by atoms with Crippen molar-refractivity contribution in [1.82, 2.24) is 24.6 Å². The van der Waals surface area contributed by atoms with Crippen LogP contribution in [0.3, 0.4) is 0 Å². The number of carbonyl (C=O) groups is 1. The number of hydrogen-bond donors (Lipinski definition) is 1. The van der Waals surface area contributed by atoms with Crippen LogP contribution in [0.4, 0.5) is 0 Å². The van der Waals surface area contributed by atoms with Crippen molar-refractivity contribution in [2.75, 3.05) is 20.2 Å². The Bertz CT molecular complexity index is 894. The van der Waals surface area contributed by atoms with Gasteiger partial charge in [-0.15, -0.1) is 0 Å². The summed E-state index contributed by atoms with van der Waals surface area (Å²) >= 11 is 0. The number of para-hydroxylation sites is 2. The molecule has 0 aliphatic carbocycles. The summed E-state index contributed by atoms with van der Waals surface area (Å²) in [5.41, 5.74) is 3.32. The Morgan fingerprint density at radius 3 is 3.12 bits per heavy atom. The minimum atomic E-state index is -0.0860. The van der Waals surface area contributed by atoms with Crippen molar-refractivity contribution in [2.24, 2.45) is 0 Å². The van der Waals surface area contributed by atoms with E-state index < -0.39 is 0 Å². The summed E-state index contributed by atoms with van der Waals surface area (Å²) in [5, 5.41) is 7.17. The van der Waals surface area contributed by atoms with Crippen molar-refractivity contribution in [1.29, 1.82) is 0 Å². The van der Waals surface area contributed by atoms with Crippen molar-refractivity contribution in [2.45, 2.75) is 31.9 Å². The third kappa shape index (κ3) is 3.48. The highest BCUT2D eigenvalue weighted by Crippen LogP contribution is 2.16. The Balaban J connectivity index is 1.42. The van der Waals surface area contributed by atoms with Gasteiger partial charge in [-0.3, -0.25) is 9.89 Å². The number of carbonyl (C=O) groups excluding carboxylic acids is 1. The Hall–Kier alpha value is -2.67. The molecular formula is C19H23N5O2. The zero-order valence-electron chi connectivity index (χ0n) is 14.9. The van der Waals surface area contributed by atoms with E-state index >= 15 is 0 Å². The van der Waals surface area contributed by atoms with Crippen molar-refractivity contribution in [3.8, 4) is 0 Å². The minimum Gasteiger partial charge on any atom is -0.376 e. The summed E-state index contributed by atoms with van der Waals surface area (Å²) in [4.78, 5) is 18.7. The second-order valence-electron chi connectivity index (χ2n) is 6.81. The quantitative estimate of drug-likeness (QED) is 0.764. The number of H-pyrrole nitrogens is 1. The predicted octanol–water partition coefficient (Wildman–Crippen LogP) is 2.45. The highest BCUT2D eigenvalue weighted by atomic mass is 16.5. The van der Waals surface area contributed by atoms with E-state index in [2.05, 4.69) is 15.2 Å². The first-order valence-corrected chi connectivity index (χ1v) is 9.02. The van der Waals surface area contributed by atoms with Crippen LogP contribution < -0.4 is 0 Å². The highest BCUT2D eigenvalue weighted by molar-refractivity contribution is 5.92. The molecule has 0 radical (unpaired) electrons. The first-order chi connectivity index (χ1) is 12.7. The molecule has 1 atom stereocenters. The smallest absolute Gasteiger partial charge is 0.274 e. The summed E-state index contributed by atoms with van der Waals surface area (Å²) in [6, 6.07) is 9.79. The van der Waals surface area contributed by atoms with Gasteiger partial charge in [0.2, 0.25) is 0 Å². The molecule has 26 heavy (non-hydrogen) atoms. The summed E-state index contributed by atoms with van der Waals surface area (Å²) in [6.07, 6.45) is 5.22. The van der Waals surface area contributed by atoms with Crippen LogP contribution in [-0.2, 0) is 11.3 Å². The topological polar surface area (TPSA) is 76.0 Å². The zero-order valence-corrected chi connectivity index (χ0v) is 14.9. The lowest BCUT2D eigenvalue weighted by molar-refractivity contribution is -0.000291. The van der Waals surface area contributed by atoms with E-state index in [0.29, 0.717) is 18.8 Å². The maximum Gasteiger partial charge on any atom is 0.274 e. The molecule has 0 bridgehead atoms. The molecule has 4 rings (SSSR count). The largest absolute Gasteiger partial charge is 0.376 e. The first-order valence-electron chi connectivity index (χ1n) is 9.02. The van der Waals surface area contributed by atoms with Crippen LogP contribution >= 0.6 is 0 Å². The molecule has 1 fully saturated rings. The predicted molar refractivity (Wildman–Crippen MR) is 98.0 cm³/mol. The van der Waals surface area contributed by atoms with E-state index in [1.807, 2.05) is 34.9 Å². The molecule has 136 valence electrons. The van der Waals surface area contributed by atoms with Crippen molar-refractivity contribution in [3.05, 3.63) is 48.0 Å². The number of aromatic amines is 1. The number of likely N-dealkylation sites (N-methyl/N-ethyl adjacent to an activating group) is 1. The van der Waals surface area contributed by atoms with Gasteiger partial charge in [0.15, 0.2) is 0 Å². The summed E-state index contributed by atoms with van der Waals surface area (Å²) in [7, 11) is 1.80. The molecule has 7 nitrogen and oxygen atoms in total. The summed E-state index contributed by atoms with van der Waals surface area (Å²) in [6.45, 7) is 1.99. The molecule has 2 aromatic heterocycles. The van der Waals surface area contributed by atoms with Gasteiger partial charge in [-0.1, -0.05) is 12.1 Å². The van der Waals surface area contributed by atoms with Gasteiger partial charge in [0.05, 0.1) is 35.7 Å². The standard InChI is InChI=1S/C19H23N5O2/c1-23(12-15-6-4-5-9-26-15)19(25)17-10-14(21-22-17)11-24-13-20-16-7-2-3-8-18(16)24/h2-3,7-8,10,13,15H,4-6,9,11-12H2,1H3,(H,21,22)/t15-/m1/s1. The minimum absolute atomic E-state index is 0.0860. The molecule has 0 unspecified atom stereocenters. The van der Waals surface area contributed by atoms with E-state index in [1.54, 1.807) is 18.3 Å². The third-order valence-electron chi connectivity index (χ3n) is 4.82. The SMILES string of the molecule is CN(C[C@H]1CCCCO1)C(=O)c1cc(Cn2cnc3ccccc32)[nH]n1. The van der Waals surface area contributed by atoms with Gasteiger partial charge in [-0.25, -0.2) is 4.98 Å². The average molecular weight is 353 g/mol. The fourth-order valence-corrected chi connectivity index (χ4v) is 3.41. The van der Waals surface area contributed by atoms with E-state index in [0.717, 1.165) is 42.6 Å². The van der Waals surface area contributed by atoms with Crippen LogP contribution in [0.15, 0.2) is 36.7 Å². The molecule has 1 aromatic carbocycles. The van der Waals surface area contributed by atoms with Gasteiger partial charge in [-0.05, 0) is 37.5 Å². The second-order valence-corrected chi connectivity index (χ2v) is 6.81. The molecule has 7 heteroatoms. The van der Waals surface area contributed by atoms with Crippen LogP contribution in [0, 0.1) is 0 Å². The Labute approximate surface area is 152 Å². The molecule has 0 saturated carbocycles. The fraction of sp³-hybridized carbons (Fsp3) is 0.421. The lowest BCUT2D eigenvalue weighted by atomic mass is 10.1. The van der Waals surface area contributed by atoms with E-state index in [-0.39, 0.29) is 12.0 Å². The number of benzene rings is 1. The van der Waals surface area contributed by atoms with E-state index in [9.17, 15) is 4.79 Å². The van der Waals surface area contributed by atoms with Crippen molar-refractivity contribution >= 4 is 16.9 Å². The normalized spacial score (nSPS) is 17.5. The number of aromatic nitrogens is 4. The Kier molecular flexibility index (Phi) is 4.71. The number of imidazole rings is 1. The van der Waals surface area contributed by atoms with Gasteiger partial charge in [0, 0.05) is 20.2 Å². The van der Waals surface area contributed by atoms with Gasteiger partial charge < -0.3 is 14.2 Å². The highest BCUT2D eigenvalue weighted by Gasteiger charge is 2.21. The van der Waals surface area contributed by atoms with Crippen LogP contribution in [-0.4, -0.2) is 56.9 Å². The number of rotatable bonds is 5. The second kappa shape index (κ2) is 7.29. The molecular weight excluding hydrogens is 330 g/mol. The van der Waals surface area contributed by atoms with Crippen LogP contribution in [0.1, 0.15) is 35.4 Å². The maximum absolute atomic E-state index is 12.6. The monoisotopic (exact) mass is 353 g/mol. The average Bonchev–Trinajstić information content (AvgIpc) is 3.30. The number of hydrogen-bond acceptors (Lipinski definition) is 4. The molecule has 1 N–H and O–H groups in total. The zero-order chi connectivity index (χ0) is 17.9. The molecule has 0 spiro atoms. The lowest BCUT2D eigenvalue weighted by Gasteiger charge is -2.27. The van der Waals surface area contributed by atoms with Crippen molar-refractivity contribution < 1.29 is 9.53 Å². The number of amides is 1. The molecule has 1 amide bonds. The summed E-state index contributed by atoms with van der Waals surface area (Å²) in [5.74, 6) is -0.0860. The Morgan fingerprint density at radius 1 is 1.38 bits per heavy atom. The third-order valence-corrected chi connectivity index (χ3v) is 4.82. The van der Waals surface area contributed by atoms with Gasteiger partial charge in [-0.2, -0.15) is 5.10 Å². The fourth-order valence-electron chi connectivity index (χ4n) is 3.41. The molecule has 1 aliphatic rings. The van der Waals surface area contributed by atoms with Crippen LogP contribution in [0.5, 0.6) is 0 Å². The van der Waals surface area contributed by atoms with E-state index in [1.165, 1.54) is 0 Å². The molecule has 1 saturated heterocycles. The van der Waals surface area contributed by atoms with Crippen LogP contribution in [0.2, 0.25) is 0 Å². The van der Waals surface area contributed by atoms with Gasteiger partial charge in [0.1, 0.15) is 5.69 Å². The van der Waals surface area contributed by atoms with E-state index in [4.69, 9.17) is 4.74 Å². The molecule has 3 heterocycles. The first kappa shape index (κ1) is 16.8. The maximum atomic E-state index is 12.6. The molecule has 3 aromatic rings. The van der Waals surface area contributed by atoms with Crippen LogP contribution in [0.25, 0.3) is 11.0 Å². The number of nitrogens with zero attached hydrogens (tertiary/aromatic N) is 4. The number of fused-ring (bicyclic) bond motifs is 1. The lowest BCUT2D eigenvalue weighted by Crippen LogP contribution is -2.37. The number of ether oxygens (including phenoxy) is 1. The summed E-state index contributed by atoms with van der Waals surface area (Å²) < 4.78 is 7.76. The van der Waals surface area contributed by atoms with Gasteiger partial charge >= 0.3 is 0 Å². The number of nitrogens with one attached hydrogen (secondary N) is 1. The Morgan fingerprint density at radius 2 is 2.27 bits per heavy atom. The molecule has 1 aliphatic heterocycles.